The van der Waals surface area contributed by atoms with Gasteiger partial charge in [0.2, 0.25) is 0 Å². The van der Waals surface area contributed by atoms with Crippen molar-refractivity contribution in [1.29, 1.82) is 0 Å². The quantitative estimate of drug-likeness (QED) is 0.723. The van der Waals surface area contributed by atoms with Gasteiger partial charge in [0.15, 0.2) is 0 Å². The number of hydrogen-bond donors (Lipinski definition) is 1. The largest absolute Gasteiger partial charge is 0.319 e. The van der Waals surface area contributed by atoms with E-state index in [-0.39, 0.29) is 5.91 Å². The molecule has 1 aromatic heterocycles. The Hall–Kier alpha value is -2.92. The zero-order valence-corrected chi connectivity index (χ0v) is 16.4. The molecule has 1 N–H and O–H groups in total. The molecule has 0 unspecified atom stereocenters. The second-order valence-corrected chi connectivity index (χ2v) is 7.06. The maximum atomic E-state index is 12.6. The molecule has 0 atom stereocenters. The predicted octanol–water partition coefficient (Wildman–Crippen LogP) is 3.92. The van der Waals surface area contributed by atoms with E-state index in [0.717, 1.165) is 30.0 Å². The van der Waals surface area contributed by atoms with Crippen molar-refractivity contribution < 1.29 is 4.79 Å². The third-order valence-electron chi connectivity index (χ3n) is 4.60. The highest BCUT2D eigenvalue weighted by atomic mass is 16.1. The molecule has 0 radical (unpaired) electrons. The molecule has 0 spiro atoms. The van der Waals surface area contributed by atoms with Gasteiger partial charge < -0.3 is 5.32 Å². The van der Waals surface area contributed by atoms with Crippen LogP contribution in [0.5, 0.6) is 0 Å². The molecular formula is C22H26N4O. The molecular weight excluding hydrogens is 336 g/mol. The first-order valence-corrected chi connectivity index (χ1v) is 9.06. The van der Waals surface area contributed by atoms with Crippen LogP contribution in [0.15, 0.2) is 54.7 Å². The van der Waals surface area contributed by atoms with Gasteiger partial charge in [0.05, 0.1) is 11.4 Å². The summed E-state index contributed by atoms with van der Waals surface area (Å²) in [4.78, 5) is 14.8. The van der Waals surface area contributed by atoms with Gasteiger partial charge in [-0.25, -0.2) is 0 Å². The summed E-state index contributed by atoms with van der Waals surface area (Å²) >= 11 is 0. The van der Waals surface area contributed by atoms with Crippen LogP contribution in [-0.2, 0) is 20.1 Å². The minimum Gasteiger partial charge on any atom is -0.319 e. The topological polar surface area (TPSA) is 50.2 Å². The summed E-state index contributed by atoms with van der Waals surface area (Å²) in [6.07, 6.45) is 1.81. The van der Waals surface area contributed by atoms with Crippen LogP contribution in [0.25, 0.3) is 0 Å². The lowest BCUT2D eigenvalue weighted by Crippen LogP contribution is -2.18. The van der Waals surface area contributed by atoms with Crippen LogP contribution in [0.4, 0.5) is 5.69 Å². The van der Waals surface area contributed by atoms with Crippen LogP contribution < -0.4 is 5.32 Å². The Bertz CT molecular complexity index is 945. The van der Waals surface area contributed by atoms with Crippen molar-refractivity contribution >= 4 is 11.6 Å². The number of carbonyl (C=O) groups is 1. The minimum absolute atomic E-state index is 0.116. The van der Waals surface area contributed by atoms with Gasteiger partial charge in [-0.3, -0.25) is 14.4 Å². The van der Waals surface area contributed by atoms with E-state index >= 15 is 0 Å². The monoisotopic (exact) mass is 362 g/mol. The first-order valence-electron chi connectivity index (χ1n) is 9.06. The number of benzene rings is 2. The van der Waals surface area contributed by atoms with Gasteiger partial charge in [-0.15, -0.1) is 0 Å². The summed E-state index contributed by atoms with van der Waals surface area (Å²) in [5.74, 6) is -0.116. The van der Waals surface area contributed by atoms with Gasteiger partial charge in [-0.1, -0.05) is 36.4 Å². The fourth-order valence-electron chi connectivity index (χ4n) is 3.17. The Morgan fingerprint density at radius 1 is 1.11 bits per heavy atom. The van der Waals surface area contributed by atoms with E-state index < -0.39 is 0 Å². The average molecular weight is 362 g/mol. The van der Waals surface area contributed by atoms with Crippen LogP contribution in [0, 0.1) is 13.8 Å². The number of nitrogens with one attached hydrogen (secondary N) is 1. The number of rotatable bonds is 6. The zero-order valence-electron chi connectivity index (χ0n) is 16.4. The molecule has 5 heteroatoms. The number of amides is 1. The fourth-order valence-corrected chi connectivity index (χ4v) is 3.17. The van der Waals surface area contributed by atoms with Crippen LogP contribution in [0.1, 0.15) is 32.7 Å². The van der Waals surface area contributed by atoms with Gasteiger partial charge >= 0.3 is 0 Å². The summed E-state index contributed by atoms with van der Waals surface area (Å²) in [7, 11) is 3.94. The van der Waals surface area contributed by atoms with Gasteiger partial charge in [0.1, 0.15) is 0 Å². The van der Waals surface area contributed by atoms with Crippen LogP contribution in [0.2, 0.25) is 0 Å². The predicted molar refractivity (Wildman–Crippen MR) is 109 cm³/mol. The van der Waals surface area contributed by atoms with Crippen molar-refractivity contribution in [3.8, 4) is 0 Å². The number of hydrogen-bond acceptors (Lipinski definition) is 3. The molecule has 0 bridgehead atoms. The standard InChI is InChI=1S/C22H26N4O/c1-16-8-5-6-10-20(16)14-25(3)13-18-9-7-11-19(12-18)22(27)23-21-15-26(4)24-17(21)2/h5-12,15H,13-14H2,1-4H3,(H,23,27). The molecule has 0 fully saturated rings. The molecule has 3 rings (SSSR count). The number of aryl methyl sites for hydroxylation is 3. The normalized spacial score (nSPS) is 11.0. The van der Waals surface area contributed by atoms with E-state index in [0.29, 0.717) is 5.56 Å². The Morgan fingerprint density at radius 3 is 2.59 bits per heavy atom. The summed E-state index contributed by atoms with van der Waals surface area (Å²) in [5, 5.41) is 7.20. The highest BCUT2D eigenvalue weighted by molar-refractivity contribution is 6.04. The molecule has 5 nitrogen and oxygen atoms in total. The summed E-state index contributed by atoms with van der Waals surface area (Å²) in [5.41, 5.74) is 5.93. The third-order valence-corrected chi connectivity index (χ3v) is 4.60. The molecule has 0 aliphatic heterocycles. The molecule has 1 heterocycles. The molecule has 0 aliphatic rings. The van der Waals surface area contributed by atoms with Crippen molar-refractivity contribution in [2.45, 2.75) is 26.9 Å². The van der Waals surface area contributed by atoms with Crippen LogP contribution in [0.3, 0.4) is 0 Å². The van der Waals surface area contributed by atoms with Crippen molar-refractivity contribution in [3.63, 3.8) is 0 Å². The lowest BCUT2D eigenvalue weighted by molar-refractivity contribution is 0.102. The minimum atomic E-state index is -0.116. The van der Waals surface area contributed by atoms with Crippen molar-refractivity contribution in [2.75, 3.05) is 12.4 Å². The van der Waals surface area contributed by atoms with Gasteiger partial charge in [-0.05, 0) is 49.7 Å². The third kappa shape index (κ3) is 4.83. The first kappa shape index (κ1) is 18.9. The maximum Gasteiger partial charge on any atom is 0.255 e. The molecule has 0 aliphatic carbocycles. The maximum absolute atomic E-state index is 12.6. The second-order valence-electron chi connectivity index (χ2n) is 7.06. The van der Waals surface area contributed by atoms with E-state index in [1.54, 1.807) is 4.68 Å². The van der Waals surface area contributed by atoms with E-state index in [4.69, 9.17) is 0 Å². The SMILES string of the molecule is Cc1ccccc1CN(C)Cc1cccc(C(=O)Nc2cn(C)nc2C)c1. The van der Waals surface area contributed by atoms with Crippen molar-refractivity contribution in [3.05, 3.63) is 82.7 Å². The molecule has 27 heavy (non-hydrogen) atoms. The molecule has 140 valence electrons. The highest BCUT2D eigenvalue weighted by Gasteiger charge is 2.11. The highest BCUT2D eigenvalue weighted by Crippen LogP contribution is 2.16. The number of anilines is 1. The smallest absolute Gasteiger partial charge is 0.255 e. The van der Waals surface area contributed by atoms with Crippen LogP contribution >= 0.6 is 0 Å². The first-order chi connectivity index (χ1) is 12.9. The number of carbonyl (C=O) groups excluding carboxylic acids is 1. The number of aromatic nitrogens is 2. The molecule has 2 aromatic carbocycles. The van der Waals surface area contributed by atoms with Crippen LogP contribution in [-0.4, -0.2) is 27.6 Å². The molecule has 0 saturated heterocycles. The van der Waals surface area contributed by atoms with E-state index in [1.165, 1.54) is 11.1 Å². The summed E-state index contributed by atoms with van der Waals surface area (Å²) in [6, 6.07) is 16.2. The van der Waals surface area contributed by atoms with E-state index in [2.05, 4.69) is 59.6 Å². The number of nitrogens with zero attached hydrogens (tertiary/aromatic N) is 3. The second kappa shape index (κ2) is 8.18. The van der Waals surface area contributed by atoms with Crippen molar-refractivity contribution in [1.82, 2.24) is 14.7 Å². The Balaban J connectivity index is 1.67. The van der Waals surface area contributed by atoms with E-state index in [1.807, 2.05) is 38.4 Å². The lowest BCUT2D eigenvalue weighted by atomic mass is 10.1. The van der Waals surface area contributed by atoms with Gasteiger partial charge in [0, 0.05) is 31.9 Å². The average Bonchev–Trinajstić information content (AvgIpc) is 2.94. The molecule has 3 aromatic rings. The fraction of sp³-hybridized carbons (Fsp3) is 0.273. The Morgan fingerprint density at radius 2 is 1.89 bits per heavy atom. The lowest BCUT2D eigenvalue weighted by Gasteiger charge is -2.18. The molecule has 0 saturated carbocycles. The molecule has 1 amide bonds. The van der Waals surface area contributed by atoms with Gasteiger partial charge in [0.25, 0.3) is 5.91 Å². The summed E-state index contributed by atoms with van der Waals surface area (Å²) < 4.78 is 1.70. The van der Waals surface area contributed by atoms with E-state index in [9.17, 15) is 4.79 Å². The van der Waals surface area contributed by atoms with Gasteiger partial charge in [-0.2, -0.15) is 5.10 Å². The Labute approximate surface area is 160 Å². The zero-order chi connectivity index (χ0) is 19.4. The van der Waals surface area contributed by atoms with Crippen molar-refractivity contribution in [2.24, 2.45) is 7.05 Å². The summed E-state index contributed by atoms with van der Waals surface area (Å²) in [6.45, 7) is 5.67. The Kier molecular flexibility index (Phi) is 5.72.